The highest BCUT2D eigenvalue weighted by Gasteiger charge is 2.13. The highest BCUT2D eigenvalue weighted by atomic mass is 35.5. The highest BCUT2D eigenvalue weighted by Crippen LogP contribution is 2.30. The Balaban J connectivity index is 2.28. The van der Waals surface area contributed by atoms with E-state index < -0.39 is 11.7 Å². The van der Waals surface area contributed by atoms with Crippen molar-refractivity contribution in [3.63, 3.8) is 0 Å². The summed E-state index contributed by atoms with van der Waals surface area (Å²) < 4.78 is 12.9. The number of hydrogen-bond donors (Lipinski definition) is 1. The van der Waals surface area contributed by atoms with Crippen molar-refractivity contribution in [2.75, 3.05) is 5.32 Å². The number of nitrogens with one attached hydrogen (secondary N) is 1. The van der Waals surface area contributed by atoms with Gasteiger partial charge >= 0.3 is 0 Å². The molecule has 2 rings (SSSR count). The lowest BCUT2D eigenvalue weighted by Gasteiger charge is -2.09. The van der Waals surface area contributed by atoms with E-state index in [-0.39, 0.29) is 15.6 Å². The van der Waals surface area contributed by atoms with Crippen LogP contribution >= 0.6 is 34.8 Å². The monoisotopic (exact) mass is 317 g/mol. The van der Waals surface area contributed by atoms with Crippen molar-refractivity contribution in [3.05, 3.63) is 62.8 Å². The summed E-state index contributed by atoms with van der Waals surface area (Å²) in [5.41, 5.74) is 0.513. The van der Waals surface area contributed by atoms with Crippen LogP contribution in [0.3, 0.4) is 0 Å². The molecule has 19 heavy (non-hydrogen) atoms. The van der Waals surface area contributed by atoms with Crippen molar-refractivity contribution < 1.29 is 9.18 Å². The molecule has 1 N–H and O–H groups in total. The van der Waals surface area contributed by atoms with E-state index in [0.717, 1.165) is 12.1 Å². The number of benzene rings is 2. The topological polar surface area (TPSA) is 29.1 Å². The lowest BCUT2D eigenvalue weighted by Crippen LogP contribution is -2.13. The molecule has 6 heteroatoms. The molecule has 0 heterocycles. The Bertz CT molecular complexity index is 646. The maximum Gasteiger partial charge on any atom is 0.257 e. The normalized spacial score (nSPS) is 10.3. The minimum atomic E-state index is -0.512. The van der Waals surface area contributed by atoms with Gasteiger partial charge in [0.15, 0.2) is 0 Å². The third kappa shape index (κ3) is 3.18. The molecule has 0 aliphatic carbocycles. The van der Waals surface area contributed by atoms with Gasteiger partial charge in [-0.3, -0.25) is 4.79 Å². The fourth-order valence-corrected chi connectivity index (χ4v) is 2.06. The van der Waals surface area contributed by atoms with E-state index >= 15 is 0 Å². The van der Waals surface area contributed by atoms with Crippen LogP contribution in [0, 0.1) is 5.82 Å². The molecular weight excluding hydrogens is 312 g/mol. The first kappa shape index (κ1) is 14.1. The van der Waals surface area contributed by atoms with Crippen LogP contribution in [0.25, 0.3) is 0 Å². The fraction of sp³-hybridized carbons (Fsp3) is 0. The minimum Gasteiger partial charge on any atom is -0.321 e. The van der Waals surface area contributed by atoms with E-state index in [9.17, 15) is 9.18 Å². The molecular formula is C13H7Cl3FNO. The van der Waals surface area contributed by atoms with Gasteiger partial charge in [-0.25, -0.2) is 4.39 Å². The molecule has 0 unspecified atom stereocenters. The molecule has 2 aromatic carbocycles. The molecule has 0 radical (unpaired) electrons. The lowest BCUT2D eigenvalue weighted by molar-refractivity contribution is 0.102. The van der Waals surface area contributed by atoms with Crippen LogP contribution in [0.4, 0.5) is 10.1 Å². The Morgan fingerprint density at radius 2 is 1.79 bits per heavy atom. The zero-order chi connectivity index (χ0) is 14.0. The standard InChI is InChI=1S/C13H7Cl3FNO/c14-9-2-1-3-11(12(9)16)18-13(19)8-5-4-7(17)6-10(8)15/h1-6H,(H,18,19). The number of carbonyl (C=O) groups is 1. The van der Waals surface area contributed by atoms with Crippen LogP contribution in [0.15, 0.2) is 36.4 Å². The second-order valence-electron chi connectivity index (χ2n) is 3.68. The fourth-order valence-electron chi connectivity index (χ4n) is 1.46. The van der Waals surface area contributed by atoms with Gasteiger partial charge in [0.1, 0.15) is 5.82 Å². The first-order valence-electron chi connectivity index (χ1n) is 5.19. The van der Waals surface area contributed by atoms with Crippen molar-refractivity contribution in [2.24, 2.45) is 0 Å². The Hall–Kier alpha value is -1.29. The molecule has 0 aliphatic heterocycles. The van der Waals surface area contributed by atoms with Gasteiger partial charge in [0, 0.05) is 0 Å². The average molecular weight is 319 g/mol. The van der Waals surface area contributed by atoms with Gasteiger partial charge in [0.2, 0.25) is 0 Å². The third-order valence-electron chi connectivity index (χ3n) is 2.38. The average Bonchev–Trinajstić information content (AvgIpc) is 2.34. The predicted octanol–water partition coefficient (Wildman–Crippen LogP) is 5.04. The summed E-state index contributed by atoms with van der Waals surface area (Å²) in [6, 6.07) is 8.37. The van der Waals surface area contributed by atoms with Gasteiger partial charge in [0.25, 0.3) is 5.91 Å². The summed E-state index contributed by atoms with van der Waals surface area (Å²) in [6.07, 6.45) is 0. The van der Waals surface area contributed by atoms with E-state index in [1.807, 2.05) is 0 Å². The molecule has 2 aromatic rings. The van der Waals surface area contributed by atoms with Crippen LogP contribution in [0.2, 0.25) is 15.1 Å². The highest BCUT2D eigenvalue weighted by molar-refractivity contribution is 6.44. The van der Waals surface area contributed by atoms with Gasteiger partial charge in [0.05, 0.1) is 26.3 Å². The zero-order valence-electron chi connectivity index (χ0n) is 9.38. The van der Waals surface area contributed by atoms with Gasteiger partial charge in [-0.15, -0.1) is 0 Å². The van der Waals surface area contributed by atoms with E-state index in [1.54, 1.807) is 18.2 Å². The van der Waals surface area contributed by atoms with Crippen LogP contribution in [0.5, 0.6) is 0 Å². The smallest absolute Gasteiger partial charge is 0.257 e. The third-order valence-corrected chi connectivity index (χ3v) is 3.51. The molecule has 2 nitrogen and oxygen atoms in total. The van der Waals surface area contributed by atoms with Crippen molar-refractivity contribution in [3.8, 4) is 0 Å². The van der Waals surface area contributed by atoms with E-state index in [2.05, 4.69) is 5.32 Å². The van der Waals surface area contributed by atoms with Crippen LogP contribution in [-0.4, -0.2) is 5.91 Å². The molecule has 0 aromatic heterocycles. The quantitative estimate of drug-likeness (QED) is 0.826. The summed E-state index contributed by atoms with van der Waals surface area (Å²) in [6.45, 7) is 0. The van der Waals surface area contributed by atoms with Gasteiger partial charge in [-0.2, -0.15) is 0 Å². The SMILES string of the molecule is O=C(Nc1cccc(Cl)c1Cl)c1ccc(F)cc1Cl. The number of rotatable bonds is 2. The van der Waals surface area contributed by atoms with Crippen molar-refractivity contribution >= 4 is 46.4 Å². The summed E-state index contributed by atoms with van der Waals surface area (Å²) in [5.74, 6) is -1.00. The van der Waals surface area contributed by atoms with E-state index in [1.165, 1.54) is 6.07 Å². The van der Waals surface area contributed by atoms with Crippen LogP contribution in [-0.2, 0) is 0 Å². The van der Waals surface area contributed by atoms with Gasteiger partial charge in [-0.05, 0) is 30.3 Å². The summed E-state index contributed by atoms with van der Waals surface area (Å²) in [7, 11) is 0. The van der Waals surface area contributed by atoms with Crippen LogP contribution < -0.4 is 5.32 Å². The number of halogens is 4. The molecule has 98 valence electrons. The molecule has 1 amide bonds. The molecule has 0 bridgehead atoms. The van der Waals surface area contributed by atoms with Crippen molar-refractivity contribution in [1.29, 1.82) is 0 Å². The molecule has 0 saturated heterocycles. The number of amides is 1. The lowest BCUT2D eigenvalue weighted by atomic mass is 10.2. The minimum absolute atomic E-state index is 0.0238. The number of anilines is 1. The van der Waals surface area contributed by atoms with Gasteiger partial charge < -0.3 is 5.32 Å². The summed E-state index contributed by atoms with van der Waals surface area (Å²) in [4.78, 5) is 12.0. The second kappa shape index (κ2) is 5.78. The summed E-state index contributed by atoms with van der Waals surface area (Å²) in [5, 5.41) is 3.15. The Morgan fingerprint density at radius 3 is 2.47 bits per heavy atom. The van der Waals surface area contributed by atoms with Crippen molar-refractivity contribution in [1.82, 2.24) is 0 Å². The Kier molecular flexibility index (Phi) is 4.30. The Labute approximate surface area is 124 Å². The van der Waals surface area contributed by atoms with Crippen LogP contribution in [0.1, 0.15) is 10.4 Å². The molecule has 0 spiro atoms. The maximum atomic E-state index is 12.9. The summed E-state index contributed by atoms with van der Waals surface area (Å²) >= 11 is 17.6. The molecule has 0 aliphatic rings. The second-order valence-corrected chi connectivity index (χ2v) is 4.87. The maximum absolute atomic E-state index is 12.9. The predicted molar refractivity (Wildman–Crippen MR) is 75.8 cm³/mol. The molecule has 0 atom stereocenters. The zero-order valence-corrected chi connectivity index (χ0v) is 11.7. The van der Waals surface area contributed by atoms with Gasteiger partial charge in [-0.1, -0.05) is 40.9 Å². The largest absolute Gasteiger partial charge is 0.321 e. The number of carbonyl (C=O) groups excluding carboxylic acids is 1. The van der Waals surface area contributed by atoms with Crippen molar-refractivity contribution in [2.45, 2.75) is 0 Å². The molecule has 0 saturated carbocycles. The van der Waals surface area contributed by atoms with E-state index in [0.29, 0.717) is 10.7 Å². The van der Waals surface area contributed by atoms with E-state index in [4.69, 9.17) is 34.8 Å². The molecule has 0 fully saturated rings. The number of hydrogen-bond acceptors (Lipinski definition) is 1. The first-order valence-corrected chi connectivity index (χ1v) is 6.33. The first-order chi connectivity index (χ1) is 8.99. The Morgan fingerprint density at radius 1 is 1.05 bits per heavy atom.